The Balaban J connectivity index is 1.10. The molecule has 1 heterocycles. The summed E-state index contributed by atoms with van der Waals surface area (Å²) in [6, 6.07) is 10.3. The van der Waals surface area contributed by atoms with Crippen LogP contribution in [0.15, 0.2) is 76.6 Å². The predicted molar refractivity (Wildman–Crippen MR) is 241 cm³/mol. The van der Waals surface area contributed by atoms with Crippen molar-refractivity contribution in [2.45, 2.75) is 130 Å². The van der Waals surface area contributed by atoms with E-state index >= 15 is 0 Å². The number of allylic oxidation sites excluding steroid dienone is 5. The van der Waals surface area contributed by atoms with Crippen LogP contribution in [0.2, 0.25) is 0 Å². The van der Waals surface area contributed by atoms with E-state index in [0.717, 1.165) is 69.8 Å². The van der Waals surface area contributed by atoms with Crippen LogP contribution in [0.3, 0.4) is 0 Å². The van der Waals surface area contributed by atoms with Crippen LogP contribution in [0, 0.1) is 50.7 Å². The molecule has 350 valence electrons. The Hall–Kier alpha value is -2.48. The quantitative estimate of drug-likeness (QED) is 0.134. The van der Waals surface area contributed by atoms with Crippen molar-refractivity contribution in [3.8, 4) is 0 Å². The number of halogens is 4. The molecule has 0 aromatic heterocycles. The molecule has 3 saturated carbocycles. The molecule has 6 aliphatic carbocycles. The van der Waals surface area contributed by atoms with Gasteiger partial charge in [-0.3, -0.25) is 4.39 Å². The van der Waals surface area contributed by atoms with E-state index in [1.807, 2.05) is 32.0 Å². The number of benzene rings is 1. The van der Waals surface area contributed by atoms with Crippen molar-refractivity contribution in [2.24, 2.45) is 50.7 Å². The van der Waals surface area contributed by atoms with Crippen LogP contribution >= 0.6 is 0 Å². The van der Waals surface area contributed by atoms with Gasteiger partial charge in [-0.25, -0.2) is 8.42 Å². The first-order valence-corrected chi connectivity index (χ1v) is 26.8. The molecule has 1 aliphatic heterocycles. The van der Waals surface area contributed by atoms with Gasteiger partial charge >= 0.3 is 15.6 Å². The number of alkyl halides is 4. The maximum atomic E-state index is 14.8. The van der Waals surface area contributed by atoms with Gasteiger partial charge in [0.2, 0.25) is 0 Å². The van der Waals surface area contributed by atoms with Gasteiger partial charge in [0.25, 0.3) is 0 Å². The third-order valence-electron chi connectivity index (χ3n) is 18.4. The Morgan fingerprint density at radius 3 is 2.21 bits per heavy atom. The lowest BCUT2D eigenvalue weighted by atomic mass is 9.33. The summed E-state index contributed by atoms with van der Waals surface area (Å²) in [5, 5.41) is 3.74. The van der Waals surface area contributed by atoms with Crippen LogP contribution in [-0.4, -0.2) is 77.1 Å². The molecule has 0 amide bonds. The number of nitrogens with one attached hydrogen (secondary N) is 1. The van der Waals surface area contributed by atoms with Crippen molar-refractivity contribution in [3.63, 3.8) is 0 Å². The largest absolute Gasteiger partial charge is 0.534 e. The smallest absolute Gasteiger partial charge is 0.376 e. The number of hydrogen-bond donors (Lipinski definition) is 1. The van der Waals surface area contributed by atoms with Gasteiger partial charge in [0.1, 0.15) is 5.76 Å². The van der Waals surface area contributed by atoms with E-state index in [2.05, 4.69) is 69.1 Å². The number of hydrogen-bond acceptors (Lipinski definition) is 7. The molecule has 7 aliphatic rings. The van der Waals surface area contributed by atoms with Gasteiger partial charge in [0.05, 0.1) is 23.7 Å². The number of rotatable bonds is 11. The fourth-order valence-corrected chi connectivity index (χ4v) is 16.7. The van der Waals surface area contributed by atoms with Gasteiger partial charge < -0.3 is 14.4 Å². The third kappa shape index (κ3) is 7.84. The van der Waals surface area contributed by atoms with Crippen LogP contribution in [-0.2, 0) is 30.6 Å². The molecule has 1 saturated heterocycles. The highest BCUT2D eigenvalue weighted by atomic mass is 32.2. The summed E-state index contributed by atoms with van der Waals surface area (Å²) in [4.78, 5) is 2.10. The summed E-state index contributed by atoms with van der Waals surface area (Å²) in [5.74, 6) is 0.465. The third-order valence-corrected chi connectivity index (χ3v) is 20.9. The molecule has 63 heavy (non-hydrogen) atoms. The molecule has 0 spiro atoms. The molecule has 8 rings (SSSR count). The zero-order valence-electron chi connectivity index (χ0n) is 38.5. The molecular weight excluding hydrogens is 849 g/mol. The summed E-state index contributed by atoms with van der Waals surface area (Å²) in [6.45, 7) is 17.6. The number of fused-ring (bicyclic) bond motifs is 7. The Kier molecular flexibility index (Phi) is 12.0. The SMILES string of the molecule is CC(C)C1=C2[C@H]3CC[C@@H]4[C@@]5(C)CC=C(C6=CCC(CF)(Cc7ccccc7)CC6)C(C)(C)[C@@H]5CC[C@@]4(C)[C@]3(C)CC[C@@]2(NCCN2CCS(=O)(=O)CC2)C=C1OS(=O)(=O)C(F)(F)F. The molecule has 7 nitrogen and oxygen atoms in total. The zero-order chi connectivity index (χ0) is 45.6. The number of sulfone groups is 1. The van der Waals surface area contributed by atoms with Crippen LogP contribution in [0.1, 0.15) is 118 Å². The van der Waals surface area contributed by atoms with Crippen molar-refractivity contribution >= 4 is 20.0 Å². The topological polar surface area (TPSA) is 92.8 Å². The second kappa shape index (κ2) is 16.1. The summed E-state index contributed by atoms with van der Waals surface area (Å²) in [6.07, 6.45) is 15.9. The monoisotopic (exact) mass is 918 g/mol. The highest BCUT2D eigenvalue weighted by molar-refractivity contribution is 7.91. The maximum absolute atomic E-state index is 14.8. The molecule has 13 heteroatoms. The van der Waals surface area contributed by atoms with E-state index in [0.29, 0.717) is 50.0 Å². The van der Waals surface area contributed by atoms with Gasteiger partial charge in [0.15, 0.2) is 9.84 Å². The lowest BCUT2D eigenvalue weighted by Crippen LogP contribution is -2.66. The minimum absolute atomic E-state index is 0.00612. The van der Waals surface area contributed by atoms with Crippen molar-refractivity contribution in [1.82, 2.24) is 10.2 Å². The summed E-state index contributed by atoms with van der Waals surface area (Å²) in [7, 11) is -9.00. The Bertz CT molecular complexity index is 2290. The fraction of sp³-hybridized carbons (Fsp3) is 0.720. The second-order valence-corrected chi connectivity index (χ2v) is 26.1. The van der Waals surface area contributed by atoms with Gasteiger partial charge in [-0.1, -0.05) is 91.0 Å². The van der Waals surface area contributed by atoms with Crippen LogP contribution < -0.4 is 5.32 Å². The zero-order valence-corrected chi connectivity index (χ0v) is 40.1. The van der Waals surface area contributed by atoms with Crippen molar-refractivity contribution in [2.75, 3.05) is 44.4 Å². The van der Waals surface area contributed by atoms with Crippen LogP contribution in [0.5, 0.6) is 0 Å². The summed E-state index contributed by atoms with van der Waals surface area (Å²) >= 11 is 0. The maximum Gasteiger partial charge on any atom is 0.534 e. The molecule has 8 atom stereocenters. The minimum atomic E-state index is -5.93. The highest BCUT2D eigenvalue weighted by Crippen LogP contribution is 2.76. The lowest BCUT2D eigenvalue weighted by molar-refractivity contribution is -0.195. The highest BCUT2D eigenvalue weighted by Gasteiger charge is 2.69. The van der Waals surface area contributed by atoms with Gasteiger partial charge in [0, 0.05) is 31.6 Å². The standard InChI is InChI=1S/C50H70F4N2O5S2/c1-34(2)42-39(61-63(59,60)50(52,53)54)32-49(55-25-26-56-27-29-62(57,58)30-28-56)24-23-46(6)38(43(42)49)13-14-41-45(5)19-17-37(44(3,4)40(45)18-20-47(41,46)7)36-15-21-48(33-51,22-16-36)31-35-11-9-8-10-12-35/h8-12,15,17,32,34,38,40-41,55H,13-14,16,18-31,33H2,1-7H3/t38-,40+,41-,45+,46-,47-,48?,49-/m1/s1. The molecular formula is C50H70F4N2O5S2. The van der Waals surface area contributed by atoms with Crippen molar-refractivity contribution in [1.29, 1.82) is 0 Å². The molecule has 0 radical (unpaired) electrons. The normalized spacial score (nSPS) is 37.8. The molecule has 4 fully saturated rings. The Morgan fingerprint density at radius 1 is 0.889 bits per heavy atom. The first kappa shape index (κ1) is 47.0. The van der Waals surface area contributed by atoms with Gasteiger partial charge in [-0.15, -0.1) is 0 Å². The Morgan fingerprint density at radius 2 is 1.59 bits per heavy atom. The van der Waals surface area contributed by atoms with E-state index in [-0.39, 0.29) is 62.9 Å². The first-order valence-electron chi connectivity index (χ1n) is 23.5. The Labute approximate surface area is 374 Å². The average molecular weight is 919 g/mol. The first-order chi connectivity index (χ1) is 29.4. The van der Waals surface area contributed by atoms with E-state index in [9.17, 15) is 34.4 Å². The van der Waals surface area contributed by atoms with Crippen molar-refractivity contribution < 1.29 is 38.6 Å². The molecule has 1 aromatic carbocycles. The lowest BCUT2D eigenvalue weighted by Gasteiger charge is -2.71. The van der Waals surface area contributed by atoms with E-state index in [4.69, 9.17) is 4.18 Å². The second-order valence-electron chi connectivity index (χ2n) is 22.3. The summed E-state index contributed by atoms with van der Waals surface area (Å²) in [5.41, 5.74) is -1.70. The molecule has 1 unspecified atom stereocenters. The van der Waals surface area contributed by atoms with E-state index in [1.54, 1.807) is 6.08 Å². The van der Waals surface area contributed by atoms with Gasteiger partial charge in [-0.2, -0.15) is 21.6 Å². The minimum Gasteiger partial charge on any atom is -0.376 e. The fourth-order valence-electron chi connectivity index (χ4n) is 14.9. The van der Waals surface area contributed by atoms with Crippen molar-refractivity contribution in [3.05, 3.63) is 82.2 Å². The van der Waals surface area contributed by atoms with Gasteiger partial charge in [-0.05, 0) is 150 Å². The van der Waals surface area contributed by atoms with E-state index < -0.39 is 31.0 Å². The summed E-state index contributed by atoms with van der Waals surface area (Å²) < 4.78 is 111. The van der Waals surface area contributed by atoms with Crippen LogP contribution in [0.25, 0.3) is 0 Å². The molecule has 0 bridgehead atoms. The van der Waals surface area contributed by atoms with Crippen LogP contribution in [0.4, 0.5) is 17.6 Å². The number of nitrogens with zero attached hydrogens (tertiary/aromatic N) is 1. The molecule has 1 aromatic rings. The molecule has 1 N–H and O–H groups in total. The average Bonchev–Trinajstić information content (AvgIpc) is 3.52. The predicted octanol–water partition coefficient (Wildman–Crippen LogP) is 10.7. The van der Waals surface area contributed by atoms with E-state index in [1.165, 1.54) is 16.7 Å².